The average molecular weight is 413 g/mol. The Bertz CT molecular complexity index is 868. The summed E-state index contributed by atoms with van der Waals surface area (Å²) in [5.74, 6) is 0.866. The third-order valence-electron chi connectivity index (χ3n) is 4.73. The third-order valence-corrected chi connectivity index (χ3v) is 5.22. The first-order chi connectivity index (χ1) is 12.8. The predicted octanol–water partition coefficient (Wildman–Crippen LogP) is 3.88. The van der Waals surface area contributed by atoms with Crippen LogP contribution in [-0.4, -0.2) is 47.7 Å². The molecule has 26 heavy (non-hydrogen) atoms. The molecule has 0 saturated carbocycles. The molecule has 6 heteroatoms. The minimum atomic E-state index is 0.275. The van der Waals surface area contributed by atoms with Gasteiger partial charge in [0.25, 0.3) is 0 Å². The zero-order valence-electron chi connectivity index (χ0n) is 14.4. The first-order valence-corrected chi connectivity index (χ1v) is 9.61. The van der Waals surface area contributed by atoms with Crippen LogP contribution in [0.4, 0.5) is 5.82 Å². The van der Waals surface area contributed by atoms with E-state index in [1.807, 2.05) is 12.1 Å². The second-order valence-electron chi connectivity index (χ2n) is 6.34. The number of fused-ring (bicyclic) bond motifs is 1. The molecule has 0 spiro atoms. The summed E-state index contributed by atoms with van der Waals surface area (Å²) < 4.78 is 6.56. The number of hydrogen-bond donors (Lipinski definition) is 1. The molecule has 0 radical (unpaired) electrons. The van der Waals surface area contributed by atoms with Crippen molar-refractivity contribution in [2.24, 2.45) is 0 Å². The van der Waals surface area contributed by atoms with Gasteiger partial charge in [0, 0.05) is 29.5 Å². The van der Waals surface area contributed by atoms with E-state index in [9.17, 15) is 0 Å². The van der Waals surface area contributed by atoms with Crippen LogP contribution < -0.4 is 5.32 Å². The number of rotatable bonds is 5. The molecule has 1 aliphatic rings. The van der Waals surface area contributed by atoms with Gasteiger partial charge in [-0.3, -0.25) is 4.90 Å². The molecular weight excluding hydrogens is 392 g/mol. The molecule has 1 saturated heterocycles. The van der Waals surface area contributed by atoms with Crippen molar-refractivity contribution in [1.82, 2.24) is 14.9 Å². The summed E-state index contributed by atoms with van der Waals surface area (Å²) in [6, 6.07) is 17.0. The second-order valence-corrected chi connectivity index (χ2v) is 7.26. The van der Waals surface area contributed by atoms with Gasteiger partial charge >= 0.3 is 0 Å². The van der Waals surface area contributed by atoms with Gasteiger partial charge in [0.1, 0.15) is 12.1 Å². The van der Waals surface area contributed by atoms with Gasteiger partial charge < -0.3 is 10.1 Å². The summed E-state index contributed by atoms with van der Waals surface area (Å²) >= 11 is 3.54. The summed E-state index contributed by atoms with van der Waals surface area (Å²) in [4.78, 5) is 11.3. The first-order valence-electron chi connectivity index (χ1n) is 8.82. The molecule has 1 aromatic heterocycles. The molecule has 1 atom stereocenters. The van der Waals surface area contributed by atoms with E-state index in [4.69, 9.17) is 4.74 Å². The standard InChI is InChI=1S/C20H21BrN4O/c21-16-6-7-18-17(12-16)20(24-14-23-18)22-13-19(15-4-2-1-3-5-15)25-8-10-26-11-9-25/h1-7,12,14,19H,8-11,13H2,(H,22,23,24). The van der Waals surface area contributed by atoms with Crippen LogP contribution in [0.5, 0.6) is 0 Å². The Hall–Kier alpha value is -2.02. The Morgan fingerprint density at radius 1 is 1.08 bits per heavy atom. The maximum atomic E-state index is 5.53. The van der Waals surface area contributed by atoms with Crippen LogP contribution in [0.15, 0.2) is 59.3 Å². The summed E-state index contributed by atoms with van der Waals surface area (Å²) in [5, 5.41) is 4.58. The van der Waals surface area contributed by atoms with Crippen LogP contribution in [0.1, 0.15) is 11.6 Å². The topological polar surface area (TPSA) is 50.3 Å². The number of nitrogens with one attached hydrogen (secondary N) is 1. The largest absolute Gasteiger partial charge is 0.379 e. The number of morpholine rings is 1. The molecule has 1 N–H and O–H groups in total. The smallest absolute Gasteiger partial charge is 0.137 e. The number of halogens is 1. The second kappa shape index (κ2) is 8.12. The monoisotopic (exact) mass is 412 g/mol. The maximum absolute atomic E-state index is 5.53. The van der Waals surface area contributed by atoms with Crippen LogP contribution in [0.3, 0.4) is 0 Å². The maximum Gasteiger partial charge on any atom is 0.137 e. The Morgan fingerprint density at radius 2 is 1.88 bits per heavy atom. The van der Waals surface area contributed by atoms with Crippen molar-refractivity contribution >= 4 is 32.7 Å². The van der Waals surface area contributed by atoms with Gasteiger partial charge in [-0.15, -0.1) is 0 Å². The highest BCUT2D eigenvalue weighted by Gasteiger charge is 2.22. The minimum absolute atomic E-state index is 0.275. The van der Waals surface area contributed by atoms with Crippen LogP contribution in [0.2, 0.25) is 0 Å². The molecule has 1 fully saturated rings. The highest BCUT2D eigenvalue weighted by molar-refractivity contribution is 9.10. The highest BCUT2D eigenvalue weighted by atomic mass is 79.9. The van der Waals surface area contributed by atoms with E-state index in [2.05, 4.69) is 72.5 Å². The molecule has 0 bridgehead atoms. The molecule has 2 aromatic carbocycles. The van der Waals surface area contributed by atoms with Gasteiger partial charge in [0.15, 0.2) is 0 Å². The van der Waals surface area contributed by atoms with Gasteiger partial charge in [-0.2, -0.15) is 0 Å². The van der Waals surface area contributed by atoms with E-state index in [-0.39, 0.29) is 6.04 Å². The molecule has 4 rings (SSSR count). The number of nitrogens with zero attached hydrogens (tertiary/aromatic N) is 3. The van der Waals surface area contributed by atoms with Crippen LogP contribution in [0, 0.1) is 0 Å². The fraction of sp³-hybridized carbons (Fsp3) is 0.300. The van der Waals surface area contributed by atoms with E-state index in [0.29, 0.717) is 0 Å². The first kappa shape index (κ1) is 17.4. The van der Waals surface area contributed by atoms with Gasteiger partial charge in [-0.25, -0.2) is 9.97 Å². The van der Waals surface area contributed by atoms with Crippen molar-refractivity contribution in [1.29, 1.82) is 0 Å². The van der Waals surface area contributed by atoms with E-state index in [1.165, 1.54) is 5.56 Å². The lowest BCUT2D eigenvalue weighted by atomic mass is 10.0. The molecule has 2 heterocycles. The van der Waals surface area contributed by atoms with Crippen molar-refractivity contribution < 1.29 is 4.74 Å². The van der Waals surface area contributed by atoms with E-state index in [0.717, 1.165) is 54.0 Å². The Kier molecular flexibility index (Phi) is 5.43. The summed E-state index contributed by atoms with van der Waals surface area (Å²) in [6.45, 7) is 4.23. The fourth-order valence-electron chi connectivity index (χ4n) is 3.39. The van der Waals surface area contributed by atoms with E-state index in [1.54, 1.807) is 6.33 Å². The molecule has 0 amide bonds. The number of benzene rings is 2. The normalized spacial score (nSPS) is 16.5. The quantitative estimate of drug-likeness (QED) is 0.688. The average Bonchev–Trinajstić information content (AvgIpc) is 2.70. The molecule has 134 valence electrons. The SMILES string of the molecule is Brc1ccc2ncnc(NCC(c3ccccc3)N3CCOCC3)c2c1. The summed E-state index contributed by atoms with van der Waals surface area (Å²) in [7, 11) is 0. The van der Waals surface area contributed by atoms with Crippen molar-refractivity contribution in [3.63, 3.8) is 0 Å². The van der Waals surface area contributed by atoms with Crippen molar-refractivity contribution in [2.75, 3.05) is 38.2 Å². The molecule has 1 unspecified atom stereocenters. The predicted molar refractivity (Wildman–Crippen MR) is 107 cm³/mol. The van der Waals surface area contributed by atoms with Gasteiger partial charge in [0.2, 0.25) is 0 Å². The number of aromatic nitrogens is 2. The van der Waals surface area contributed by atoms with Gasteiger partial charge in [-0.1, -0.05) is 46.3 Å². The highest BCUT2D eigenvalue weighted by Crippen LogP contribution is 2.26. The van der Waals surface area contributed by atoms with E-state index < -0.39 is 0 Å². The molecule has 3 aromatic rings. The van der Waals surface area contributed by atoms with Crippen molar-refractivity contribution in [2.45, 2.75) is 6.04 Å². The zero-order chi connectivity index (χ0) is 17.8. The number of anilines is 1. The summed E-state index contributed by atoms with van der Waals surface area (Å²) in [6.07, 6.45) is 1.62. The van der Waals surface area contributed by atoms with Gasteiger partial charge in [0.05, 0.1) is 24.8 Å². The Balaban J connectivity index is 1.59. The van der Waals surface area contributed by atoms with Gasteiger partial charge in [-0.05, 0) is 23.8 Å². The lowest BCUT2D eigenvalue weighted by Gasteiger charge is -2.35. The fourth-order valence-corrected chi connectivity index (χ4v) is 3.75. The lowest BCUT2D eigenvalue weighted by molar-refractivity contribution is 0.0187. The third kappa shape index (κ3) is 3.87. The lowest BCUT2D eigenvalue weighted by Crippen LogP contribution is -2.41. The molecular formula is C20H21BrN4O. The van der Waals surface area contributed by atoms with Crippen LogP contribution >= 0.6 is 15.9 Å². The van der Waals surface area contributed by atoms with Crippen LogP contribution in [0.25, 0.3) is 10.9 Å². The van der Waals surface area contributed by atoms with E-state index >= 15 is 0 Å². The molecule has 1 aliphatic heterocycles. The van der Waals surface area contributed by atoms with Crippen molar-refractivity contribution in [3.8, 4) is 0 Å². The number of hydrogen-bond acceptors (Lipinski definition) is 5. The zero-order valence-corrected chi connectivity index (χ0v) is 16.0. The van der Waals surface area contributed by atoms with Crippen molar-refractivity contribution in [3.05, 3.63) is 64.9 Å². The molecule has 5 nitrogen and oxygen atoms in total. The Labute approximate surface area is 161 Å². The number of ether oxygens (including phenoxy) is 1. The Morgan fingerprint density at radius 3 is 2.69 bits per heavy atom. The summed E-state index contributed by atoms with van der Waals surface area (Å²) in [5.41, 5.74) is 2.25. The van der Waals surface area contributed by atoms with Crippen LogP contribution in [-0.2, 0) is 4.74 Å². The molecule has 0 aliphatic carbocycles. The minimum Gasteiger partial charge on any atom is -0.379 e.